The van der Waals surface area contributed by atoms with Crippen molar-refractivity contribution in [3.05, 3.63) is 0 Å². The monoisotopic (exact) mass is 167 g/mol. The minimum absolute atomic E-state index is 0.0687. The van der Waals surface area contributed by atoms with Crippen LogP contribution in [0, 0.1) is 0 Å². The Labute approximate surface area is 61.0 Å². The predicted molar refractivity (Wildman–Crippen MR) is 40.1 cm³/mol. The summed E-state index contributed by atoms with van der Waals surface area (Å²) in [6.07, 6.45) is -0.0694. The smallest absolute Gasteiger partial charge is 0.324 e. The summed E-state index contributed by atoms with van der Waals surface area (Å²) in [4.78, 5) is 18.8. The van der Waals surface area contributed by atoms with Crippen LogP contribution in [-0.2, 0) is 4.57 Å². The summed E-state index contributed by atoms with van der Waals surface area (Å²) in [5, 5.41) is 0. The Balaban J connectivity index is 3.80. The lowest BCUT2D eigenvalue weighted by Crippen LogP contribution is -2.27. The van der Waals surface area contributed by atoms with Crippen LogP contribution in [0.4, 0.5) is 0 Å². The van der Waals surface area contributed by atoms with E-state index in [0.29, 0.717) is 0 Å². The number of nitrogens with zero attached hydrogens (tertiary/aromatic N) is 1. The molecule has 0 aromatic carbocycles. The maximum atomic E-state index is 10.4. The van der Waals surface area contributed by atoms with Gasteiger partial charge in [-0.05, 0) is 21.0 Å². The van der Waals surface area contributed by atoms with Crippen molar-refractivity contribution in [1.82, 2.24) is 4.90 Å². The van der Waals surface area contributed by atoms with Gasteiger partial charge < -0.3 is 14.7 Å². The maximum Gasteiger partial charge on any atom is 0.327 e. The van der Waals surface area contributed by atoms with Gasteiger partial charge in [-0.2, -0.15) is 0 Å². The second-order valence-electron chi connectivity index (χ2n) is 2.66. The molecule has 0 bridgehead atoms. The molecule has 0 amide bonds. The molecule has 0 aliphatic heterocycles. The fourth-order valence-electron chi connectivity index (χ4n) is 0.507. The molecule has 1 unspecified atom stereocenters. The van der Waals surface area contributed by atoms with Crippen molar-refractivity contribution in [2.45, 2.75) is 13.0 Å². The molecule has 0 aliphatic carbocycles. The largest absolute Gasteiger partial charge is 0.327 e. The molecule has 0 rings (SSSR count). The molecule has 0 fully saturated rings. The van der Waals surface area contributed by atoms with Gasteiger partial charge in [0, 0.05) is 6.04 Å². The fourth-order valence-corrected chi connectivity index (χ4v) is 1.52. The highest BCUT2D eigenvalue weighted by molar-refractivity contribution is 7.51. The van der Waals surface area contributed by atoms with Crippen LogP contribution < -0.4 is 0 Å². The van der Waals surface area contributed by atoms with Gasteiger partial charge in [-0.25, -0.2) is 0 Å². The highest BCUT2D eigenvalue weighted by atomic mass is 31.2. The molecule has 1 atom stereocenters. The Morgan fingerprint density at radius 2 is 1.90 bits per heavy atom. The van der Waals surface area contributed by atoms with E-state index in [0.717, 1.165) is 0 Å². The first-order chi connectivity index (χ1) is 4.33. The molecule has 5 heteroatoms. The van der Waals surface area contributed by atoms with Gasteiger partial charge in [-0.3, -0.25) is 4.57 Å². The molecule has 0 saturated heterocycles. The first-order valence-corrected chi connectivity index (χ1v) is 4.83. The first-order valence-electron chi connectivity index (χ1n) is 3.04. The van der Waals surface area contributed by atoms with Crippen LogP contribution >= 0.6 is 7.60 Å². The lowest BCUT2D eigenvalue weighted by Gasteiger charge is -2.19. The Morgan fingerprint density at radius 3 is 2.00 bits per heavy atom. The Bertz CT molecular complexity index is 142. The Morgan fingerprint density at radius 1 is 1.50 bits per heavy atom. The van der Waals surface area contributed by atoms with E-state index in [9.17, 15) is 4.57 Å². The van der Waals surface area contributed by atoms with Gasteiger partial charge in [-0.15, -0.1) is 0 Å². The lowest BCUT2D eigenvalue weighted by molar-refractivity contribution is 0.308. The van der Waals surface area contributed by atoms with E-state index < -0.39 is 7.60 Å². The van der Waals surface area contributed by atoms with Crippen molar-refractivity contribution in [1.29, 1.82) is 0 Å². The van der Waals surface area contributed by atoms with Gasteiger partial charge in [0.15, 0.2) is 0 Å². The van der Waals surface area contributed by atoms with Crippen LogP contribution in [0.5, 0.6) is 0 Å². The zero-order valence-electron chi connectivity index (χ0n) is 6.48. The van der Waals surface area contributed by atoms with E-state index in [-0.39, 0.29) is 12.2 Å². The molecule has 2 N–H and O–H groups in total. The second kappa shape index (κ2) is 3.49. The standard InChI is InChI=1S/C5H14NO3P/c1-5(6(2)3)4-10(7,8)9/h5H,4H2,1-3H3,(H2,7,8,9). The summed E-state index contributed by atoms with van der Waals surface area (Å²) in [5.41, 5.74) is 0. The highest BCUT2D eigenvalue weighted by Gasteiger charge is 2.18. The van der Waals surface area contributed by atoms with Crippen molar-refractivity contribution < 1.29 is 14.4 Å². The van der Waals surface area contributed by atoms with Crippen LogP contribution in [0.25, 0.3) is 0 Å². The van der Waals surface area contributed by atoms with Crippen LogP contribution in [0.15, 0.2) is 0 Å². The van der Waals surface area contributed by atoms with Crippen molar-refractivity contribution in [2.24, 2.45) is 0 Å². The highest BCUT2D eigenvalue weighted by Crippen LogP contribution is 2.35. The van der Waals surface area contributed by atoms with Crippen LogP contribution in [0.2, 0.25) is 0 Å². The van der Waals surface area contributed by atoms with E-state index in [2.05, 4.69) is 0 Å². The van der Waals surface area contributed by atoms with Gasteiger partial charge in [0.05, 0.1) is 6.16 Å². The molecule has 0 aliphatic rings. The van der Waals surface area contributed by atoms with Crippen molar-refractivity contribution >= 4 is 7.60 Å². The first kappa shape index (κ1) is 10.1. The summed E-state index contributed by atoms with van der Waals surface area (Å²) in [6, 6.07) is -0.0687. The molecule has 10 heavy (non-hydrogen) atoms. The molecule has 0 aromatic rings. The molecule has 62 valence electrons. The molecular weight excluding hydrogens is 153 g/mol. The maximum absolute atomic E-state index is 10.4. The van der Waals surface area contributed by atoms with E-state index in [4.69, 9.17) is 9.79 Å². The zero-order valence-corrected chi connectivity index (χ0v) is 7.38. The van der Waals surface area contributed by atoms with E-state index >= 15 is 0 Å². The summed E-state index contributed by atoms with van der Waals surface area (Å²) in [6.45, 7) is 1.78. The third-order valence-corrected chi connectivity index (χ3v) is 2.39. The average molecular weight is 167 g/mol. The lowest BCUT2D eigenvalue weighted by atomic mass is 10.4. The SMILES string of the molecule is CC(CP(=O)(O)O)N(C)C. The van der Waals surface area contributed by atoms with Crippen LogP contribution in [0.3, 0.4) is 0 Å². The average Bonchev–Trinajstić information content (AvgIpc) is 1.60. The van der Waals surface area contributed by atoms with Crippen LogP contribution in [-0.4, -0.2) is 41.0 Å². The topological polar surface area (TPSA) is 60.8 Å². The van der Waals surface area contributed by atoms with Crippen LogP contribution in [0.1, 0.15) is 6.92 Å². The third-order valence-electron chi connectivity index (χ3n) is 1.38. The number of hydrogen-bond acceptors (Lipinski definition) is 2. The van der Waals surface area contributed by atoms with E-state index in [1.807, 2.05) is 0 Å². The predicted octanol–water partition coefficient (Wildman–Crippen LogP) is 0.114. The normalized spacial score (nSPS) is 15.8. The van der Waals surface area contributed by atoms with Gasteiger partial charge in [0.2, 0.25) is 0 Å². The van der Waals surface area contributed by atoms with Gasteiger partial charge in [-0.1, -0.05) is 0 Å². The molecule has 0 heterocycles. The number of hydrogen-bond donors (Lipinski definition) is 2. The fraction of sp³-hybridized carbons (Fsp3) is 1.00. The number of rotatable bonds is 3. The van der Waals surface area contributed by atoms with Crippen molar-refractivity contribution in [3.63, 3.8) is 0 Å². The molecule has 0 radical (unpaired) electrons. The summed E-state index contributed by atoms with van der Waals surface area (Å²) in [5.74, 6) is 0. The quantitative estimate of drug-likeness (QED) is 0.586. The molecular formula is C5H14NO3P. The second-order valence-corrected chi connectivity index (χ2v) is 4.35. The molecule has 0 saturated carbocycles. The van der Waals surface area contributed by atoms with Gasteiger partial charge in [0.1, 0.15) is 0 Å². The minimum Gasteiger partial charge on any atom is -0.324 e. The minimum atomic E-state index is -3.82. The third kappa shape index (κ3) is 4.94. The molecule has 0 spiro atoms. The summed E-state index contributed by atoms with van der Waals surface area (Å²) in [7, 11) is -0.233. The van der Waals surface area contributed by atoms with Gasteiger partial charge in [0.25, 0.3) is 0 Å². The summed E-state index contributed by atoms with van der Waals surface area (Å²) >= 11 is 0. The summed E-state index contributed by atoms with van der Waals surface area (Å²) < 4.78 is 10.4. The Hall–Kier alpha value is 0.110. The van der Waals surface area contributed by atoms with Crippen molar-refractivity contribution in [2.75, 3.05) is 20.3 Å². The van der Waals surface area contributed by atoms with E-state index in [1.54, 1.807) is 25.9 Å². The van der Waals surface area contributed by atoms with Gasteiger partial charge >= 0.3 is 7.60 Å². The van der Waals surface area contributed by atoms with E-state index in [1.165, 1.54) is 0 Å². The zero-order chi connectivity index (χ0) is 8.36. The van der Waals surface area contributed by atoms with Crippen molar-refractivity contribution in [3.8, 4) is 0 Å². The molecule has 4 nitrogen and oxygen atoms in total. The Kier molecular flexibility index (Phi) is 3.52. The molecule has 0 aromatic heterocycles.